The number of piperidine rings is 1. The fourth-order valence-corrected chi connectivity index (χ4v) is 3.60. The van der Waals surface area contributed by atoms with Gasteiger partial charge >= 0.3 is 5.97 Å². The van der Waals surface area contributed by atoms with E-state index in [2.05, 4.69) is 4.90 Å². The molecule has 1 spiro atoms. The van der Waals surface area contributed by atoms with Gasteiger partial charge in [-0.2, -0.15) is 0 Å². The predicted octanol–water partition coefficient (Wildman–Crippen LogP) is 1.25. The SMILES string of the molecule is Cc1ccc(C(=O)N2C(C(=O)O)COC23CCN(C)CC3)cc1[N+](=O)[O-]. The van der Waals surface area contributed by atoms with Crippen LogP contribution in [-0.2, 0) is 9.53 Å². The first kappa shape index (κ1) is 18.3. The Morgan fingerprint density at radius 3 is 2.58 bits per heavy atom. The topological polar surface area (TPSA) is 113 Å². The number of nitro benzene ring substituents is 1. The predicted molar refractivity (Wildman–Crippen MR) is 90.8 cm³/mol. The van der Waals surface area contributed by atoms with Crippen molar-refractivity contribution in [3.05, 3.63) is 39.4 Å². The van der Waals surface area contributed by atoms with Gasteiger partial charge in [0.25, 0.3) is 11.6 Å². The third-order valence-corrected chi connectivity index (χ3v) is 5.19. The zero-order valence-corrected chi connectivity index (χ0v) is 14.7. The summed E-state index contributed by atoms with van der Waals surface area (Å²) in [5.41, 5.74) is -0.614. The molecule has 1 N–H and O–H groups in total. The summed E-state index contributed by atoms with van der Waals surface area (Å²) in [6.45, 7) is 2.84. The smallest absolute Gasteiger partial charge is 0.328 e. The van der Waals surface area contributed by atoms with Crippen molar-refractivity contribution in [2.45, 2.75) is 31.5 Å². The van der Waals surface area contributed by atoms with Crippen LogP contribution in [0.25, 0.3) is 0 Å². The van der Waals surface area contributed by atoms with Crippen LogP contribution in [0.4, 0.5) is 5.69 Å². The molecule has 0 saturated carbocycles. The van der Waals surface area contributed by atoms with Crippen LogP contribution in [0.5, 0.6) is 0 Å². The molecule has 9 heteroatoms. The zero-order valence-electron chi connectivity index (χ0n) is 14.7. The Kier molecular flexibility index (Phi) is 4.68. The van der Waals surface area contributed by atoms with Gasteiger partial charge in [0.2, 0.25) is 0 Å². The third-order valence-electron chi connectivity index (χ3n) is 5.19. The maximum Gasteiger partial charge on any atom is 0.328 e. The lowest BCUT2D eigenvalue weighted by atomic mass is 9.97. The Morgan fingerprint density at radius 2 is 2.00 bits per heavy atom. The molecule has 26 heavy (non-hydrogen) atoms. The fourth-order valence-electron chi connectivity index (χ4n) is 3.60. The highest BCUT2D eigenvalue weighted by atomic mass is 16.6. The van der Waals surface area contributed by atoms with Gasteiger partial charge in [0, 0.05) is 43.1 Å². The van der Waals surface area contributed by atoms with Gasteiger partial charge in [-0.15, -0.1) is 0 Å². The molecule has 2 aliphatic rings. The van der Waals surface area contributed by atoms with Crippen molar-refractivity contribution in [3.63, 3.8) is 0 Å². The normalized spacial score (nSPS) is 22.5. The van der Waals surface area contributed by atoms with Gasteiger partial charge < -0.3 is 14.7 Å². The molecule has 1 atom stereocenters. The number of nitro groups is 1. The molecule has 0 radical (unpaired) electrons. The highest BCUT2D eigenvalue weighted by Gasteiger charge is 2.53. The fraction of sp³-hybridized carbons (Fsp3) is 0.529. The highest BCUT2D eigenvalue weighted by molar-refractivity contribution is 5.98. The van der Waals surface area contributed by atoms with Crippen molar-refractivity contribution in [2.75, 3.05) is 26.7 Å². The van der Waals surface area contributed by atoms with Crippen LogP contribution in [0.2, 0.25) is 0 Å². The minimum absolute atomic E-state index is 0.0846. The van der Waals surface area contributed by atoms with Crippen LogP contribution >= 0.6 is 0 Å². The molecule has 1 amide bonds. The maximum atomic E-state index is 13.1. The van der Waals surface area contributed by atoms with Crippen molar-refractivity contribution in [3.8, 4) is 0 Å². The maximum absolute atomic E-state index is 13.1. The van der Waals surface area contributed by atoms with Gasteiger partial charge in [0.15, 0.2) is 6.04 Å². The molecule has 140 valence electrons. The van der Waals surface area contributed by atoms with Gasteiger partial charge in [-0.25, -0.2) is 4.79 Å². The first-order valence-electron chi connectivity index (χ1n) is 8.39. The number of nitrogens with zero attached hydrogens (tertiary/aromatic N) is 3. The van der Waals surface area contributed by atoms with E-state index in [0.29, 0.717) is 31.5 Å². The second-order valence-electron chi connectivity index (χ2n) is 6.85. The molecule has 0 bridgehead atoms. The third kappa shape index (κ3) is 3.04. The zero-order chi connectivity index (χ0) is 19.1. The Bertz CT molecular complexity index is 757. The number of hydrogen-bond donors (Lipinski definition) is 1. The van der Waals surface area contributed by atoms with E-state index in [0.717, 1.165) is 0 Å². The summed E-state index contributed by atoms with van der Waals surface area (Å²) in [5.74, 6) is -1.70. The molecule has 3 rings (SSSR count). The van der Waals surface area contributed by atoms with E-state index in [-0.39, 0.29) is 17.9 Å². The summed E-state index contributed by atoms with van der Waals surface area (Å²) in [7, 11) is 1.95. The summed E-state index contributed by atoms with van der Waals surface area (Å²) in [4.78, 5) is 38.8. The van der Waals surface area contributed by atoms with Gasteiger partial charge in [-0.1, -0.05) is 6.07 Å². The van der Waals surface area contributed by atoms with Crippen LogP contribution in [0.1, 0.15) is 28.8 Å². The van der Waals surface area contributed by atoms with Crippen LogP contribution in [0.15, 0.2) is 18.2 Å². The van der Waals surface area contributed by atoms with Gasteiger partial charge in [-0.05, 0) is 20.0 Å². The van der Waals surface area contributed by atoms with E-state index in [1.807, 2.05) is 7.05 Å². The van der Waals surface area contributed by atoms with Crippen molar-refractivity contribution in [1.29, 1.82) is 0 Å². The number of rotatable bonds is 3. The Labute approximate surface area is 150 Å². The second kappa shape index (κ2) is 6.65. The van der Waals surface area contributed by atoms with Crippen molar-refractivity contribution in [2.24, 2.45) is 0 Å². The van der Waals surface area contributed by atoms with Crippen LogP contribution in [0.3, 0.4) is 0 Å². The molecule has 1 aromatic rings. The van der Waals surface area contributed by atoms with Crippen molar-refractivity contribution in [1.82, 2.24) is 9.80 Å². The Hall–Kier alpha value is -2.52. The summed E-state index contributed by atoms with van der Waals surface area (Å²) >= 11 is 0. The number of carbonyl (C=O) groups is 2. The average molecular weight is 363 g/mol. The first-order valence-corrected chi connectivity index (χ1v) is 8.39. The number of likely N-dealkylation sites (tertiary alicyclic amines) is 1. The van der Waals surface area contributed by atoms with Crippen LogP contribution in [0, 0.1) is 17.0 Å². The molecule has 2 aliphatic heterocycles. The van der Waals surface area contributed by atoms with Crippen molar-refractivity contribution >= 4 is 17.6 Å². The van der Waals surface area contributed by atoms with Crippen LogP contribution < -0.4 is 0 Å². The molecular weight excluding hydrogens is 342 g/mol. The molecule has 0 aliphatic carbocycles. The van der Waals surface area contributed by atoms with Gasteiger partial charge in [0.1, 0.15) is 5.72 Å². The van der Waals surface area contributed by atoms with E-state index < -0.39 is 28.6 Å². The number of aryl methyl sites for hydroxylation is 1. The Balaban J connectivity index is 1.99. The van der Waals surface area contributed by atoms with E-state index >= 15 is 0 Å². The molecule has 2 saturated heterocycles. The number of carbonyl (C=O) groups excluding carboxylic acids is 1. The van der Waals surface area contributed by atoms with E-state index in [4.69, 9.17) is 4.74 Å². The lowest BCUT2D eigenvalue weighted by Gasteiger charge is -2.43. The number of carboxylic acid groups (broad SMARTS) is 1. The molecular formula is C17H21N3O6. The number of hydrogen-bond acceptors (Lipinski definition) is 6. The summed E-state index contributed by atoms with van der Waals surface area (Å²) < 4.78 is 5.82. The molecule has 2 heterocycles. The summed E-state index contributed by atoms with van der Waals surface area (Å²) in [5, 5.41) is 20.7. The quantitative estimate of drug-likeness (QED) is 0.635. The Morgan fingerprint density at radius 1 is 1.35 bits per heavy atom. The number of aliphatic carboxylic acids is 1. The average Bonchev–Trinajstić information content (AvgIpc) is 2.96. The molecule has 9 nitrogen and oxygen atoms in total. The largest absolute Gasteiger partial charge is 0.480 e. The van der Waals surface area contributed by atoms with Crippen LogP contribution in [-0.4, -0.2) is 70.2 Å². The van der Waals surface area contributed by atoms with E-state index in [1.165, 1.54) is 23.1 Å². The van der Waals surface area contributed by atoms with Gasteiger partial charge in [-0.3, -0.25) is 19.8 Å². The second-order valence-corrected chi connectivity index (χ2v) is 6.85. The lowest BCUT2D eigenvalue weighted by molar-refractivity contribution is -0.385. The first-order chi connectivity index (χ1) is 12.2. The molecule has 1 unspecified atom stereocenters. The summed E-state index contributed by atoms with van der Waals surface area (Å²) in [6.07, 6.45) is 0.986. The number of benzene rings is 1. The number of amides is 1. The lowest BCUT2D eigenvalue weighted by Crippen LogP contribution is -2.57. The molecule has 2 fully saturated rings. The monoisotopic (exact) mass is 363 g/mol. The molecule has 1 aromatic carbocycles. The van der Waals surface area contributed by atoms with Gasteiger partial charge in [0.05, 0.1) is 11.5 Å². The highest BCUT2D eigenvalue weighted by Crippen LogP contribution is 2.38. The molecule has 0 aromatic heterocycles. The van der Waals surface area contributed by atoms with E-state index in [1.54, 1.807) is 6.92 Å². The minimum atomic E-state index is -1.14. The standard InChI is InChI=1S/C17H21N3O6/c1-11-3-4-12(9-13(11)20(24)25)15(21)19-14(16(22)23)10-26-17(19)5-7-18(2)8-6-17/h3-4,9,14H,5-8,10H2,1-2H3,(H,22,23). The van der Waals surface area contributed by atoms with E-state index in [9.17, 15) is 24.8 Å². The summed E-state index contributed by atoms with van der Waals surface area (Å²) in [6, 6.07) is 3.09. The van der Waals surface area contributed by atoms with Crippen molar-refractivity contribution < 1.29 is 24.4 Å². The number of ether oxygens (including phenoxy) is 1. The minimum Gasteiger partial charge on any atom is -0.480 e. The number of carboxylic acids is 1.